The second-order valence-electron chi connectivity index (χ2n) is 1.58. The summed E-state index contributed by atoms with van der Waals surface area (Å²) in [6.45, 7) is 2.06. The molecule has 0 atom stereocenters. The Bertz CT molecular complexity index is 134. The number of aryl methyl sites for hydroxylation is 1. The van der Waals surface area contributed by atoms with Gasteiger partial charge in [0.2, 0.25) is 0 Å². The Morgan fingerprint density at radius 3 is 2.00 bits per heavy atom. The first-order chi connectivity index (χ1) is 3.39. The first-order valence-electron chi connectivity index (χ1n) is 2.32. The Morgan fingerprint density at radius 2 is 1.75 bits per heavy atom. The molecule has 43 valence electrons. The normalized spacial score (nSPS) is 7.62. The van der Waals surface area contributed by atoms with Gasteiger partial charge < -0.3 is 6.15 Å². The van der Waals surface area contributed by atoms with Crippen LogP contribution in [0.1, 0.15) is 5.56 Å². The highest BCUT2D eigenvalue weighted by Gasteiger charge is 1.72. The summed E-state index contributed by atoms with van der Waals surface area (Å²) in [6, 6.07) is 10.8. The quantitative estimate of drug-likeness (QED) is 0.541. The van der Waals surface area contributed by atoms with Gasteiger partial charge in [-0.25, -0.2) is 0 Å². The molecule has 0 aliphatic heterocycles. The number of rotatable bonds is 0. The molecule has 0 amide bonds. The summed E-state index contributed by atoms with van der Waals surface area (Å²) < 4.78 is 0. The Balaban J connectivity index is 0.000000490. The van der Waals surface area contributed by atoms with Crippen LogP contribution < -0.4 is 6.15 Å². The Hall–Kier alpha value is -0.820. The van der Waals surface area contributed by atoms with E-state index in [1.165, 1.54) is 5.56 Å². The fourth-order valence-corrected chi connectivity index (χ4v) is 0.470. The van der Waals surface area contributed by atoms with Gasteiger partial charge in [-0.3, -0.25) is 0 Å². The van der Waals surface area contributed by atoms with E-state index in [2.05, 4.69) is 13.0 Å². The lowest BCUT2D eigenvalue weighted by atomic mass is 10.2. The average molecular weight is 108 g/mol. The van der Waals surface area contributed by atoms with Gasteiger partial charge in [0.05, 0.1) is 0 Å². The summed E-state index contributed by atoms with van der Waals surface area (Å²) in [5, 5.41) is 0. The van der Waals surface area contributed by atoms with E-state index in [0.29, 0.717) is 0 Å². The number of hydrogen-bond acceptors (Lipinski definition) is 1. The van der Waals surface area contributed by atoms with E-state index in [4.69, 9.17) is 0 Å². The van der Waals surface area contributed by atoms with E-state index in [9.17, 15) is 0 Å². The maximum atomic E-state index is 2.93. The predicted octanol–water partition coefficient (Wildman–Crippen LogP) is 1.96. The molecule has 1 aromatic carbocycles. The van der Waals surface area contributed by atoms with Crippen molar-refractivity contribution in [2.75, 3.05) is 0 Å². The van der Waals surface area contributed by atoms with Gasteiger partial charge >= 0.3 is 0 Å². The van der Waals surface area contributed by atoms with Gasteiger partial charge in [-0.1, -0.05) is 29.8 Å². The lowest BCUT2D eigenvalue weighted by Gasteiger charge is -1.82. The van der Waals surface area contributed by atoms with Gasteiger partial charge in [0.25, 0.3) is 0 Å². The predicted molar refractivity (Wildman–Crippen MR) is 35.0 cm³/mol. The molecule has 1 rings (SSSR count). The van der Waals surface area contributed by atoms with Gasteiger partial charge in [0.15, 0.2) is 0 Å². The van der Waals surface area contributed by atoms with Crippen LogP contribution in [0.25, 0.3) is 0 Å². The van der Waals surface area contributed by atoms with Crippen molar-refractivity contribution in [1.29, 1.82) is 0 Å². The van der Waals surface area contributed by atoms with Crippen LogP contribution in [-0.4, -0.2) is 0 Å². The summed E-state index contributed by atoms with van der Waals surface area (Å²) in [5.74, 6) is 0. The van der Waals surface area contributed by atoms with Gasteiger partial charge in [-0.15, -0.1) is 0 Å². The van der Waals surface area contributed by atoms with Crippen LogP contribution in [0, 0.1) is 13.0 Å². The molecule has 0 saturated heterocycles. The average Bonchev–Trinajstić information content (AvgIpc) is 1.69. The van der Waals surface area contributed by atoms with Gasteiger partial charge in [0, 0.05) is 0 Å². The summed E-state index contributed by atoms with van der Waals surface area (Å²) in [6.07, 6.45) is 0. The molecule has 3 N–H and O–H groups in total. The minimum absolute atomic E-state index is 0. The highest BCUT2D eigenvalue weighted by atomic mass is 14.0. The molecule has 1 heteroatoms. The van der Waals surface area contributed by atoms with Crippen molar-refractivity contribution in [2.24, 2.45) is 0 Å². The molecule has 1 radical (unpaired) electrons. The minimum Gasteiger partial charge on any atom is -0.344 e. The van der Waals surface area contributed by atoms with Crippen LogP contribution in [-0.2, 0) is 0 Å². The molecule has 0 saturated carbocycles. The molecule has 8 heavy (non-hydrogen) atoms. The largest absolute Gasteiger partial charge is 0.344 e. The van der Waals surface area contributed by atoms with Crippen LogP contribution in [0.4, 0.5) is 0 Å². The zero-order valence-electron chi connectivity index (χ0n) is 5.02. The van der Waals surface area contributed by atoms with Crippen molar-refractivity contribution in [2.45, 2.75) is 6.92 Å². The Labute approximate surface area is 49.9 Å². The summed E-state index contributed by atoms with van der Waals surface area (Å²) >= 11 is 0. The summed E-state index contributed by atoms with van der Waals surface area (Å²) in [5.41, 5.74) is 1.29. The number of benzene rings is 1. The summed E-state index contributed by atoms with van der Waals surface area (Å²) in [7, 11) is 0. The molecule has 0 aliphatic rings. The Kier molecular flexibility index (Phi) is 2.89. The highest BCUT2D eigenvalue weighted by molar-refractivity contribution is 5.10. The summed E-state index contributed by atoms with van der Waals surface area (Å²) in [4.78, 5) is 0. The van der Waals surface area contributed by atoms with Crippen LogP contribution in [0.2, 0.25) is 0 Å². The molecular formula is C7H10N. The zero-order valence-corrected chi connectivity index (χ0v) is 5.02. The molecule has 0 aliphatic carbocycles. The monoisotopic (exact) mass is 108 g/mol. The standard InChI is InChI=1S/C7H7.H3N/c1-7-5-3-2-4-6-7;/h3-6H,1H3;1H3. The van der Waals surface area contributed by atoms with Gasteiger partial charge in [-0.05, 0) is 13.0 Å². The SMILES string of the molecule is Cc1cc[c]cc1.N. The fraction of sp³-hybridized carbons (Fsp3) is 0.143. The lowest BCUT2D eigenvalue weighted by molar-refractivity contribution is 1.47. The maximum Gasteiger partial charge on any atom is -0.0184 e. The van der Waals surface area contributed by atoms with Crippen LogP contribution in [0.3, 0.4) is 0 Å². The topological polar surface area (TPSA) is 35.0 Å². The third-order valence-electron chi connectivity index (χ3n) is 0.885. The second kappa shape index (κ2) is 3.22. The molecule has 1 nitrogen and oxygen atoms in total. The van der Waals surface area contributed by atoms with E-state index >= 15 is 0 Å². The van der Waals surface area contributed by atoms with Crippen molar-refractivity contribution >= 4 is 0 Å². The third-order valence-corrected chi connectivity index (χ3v) is 0.885. The number of hydrogen-bond donors (Lipinski definition) is 1. The van der Waals surface area contributed by atoms with Crippen LogP contribution >= 0.6 is 0 Å². The molecule has 0 bridgehead atoms. The maximum absolute atomic E-state index is 2.93. The van der Waals surface area contributed by atoms with E-state index < -0.39 is 0 Å². The molecule has 0 spiro atoms. The molecule has 0 unspecified atom stereocenters. The van der Waals surface area contributed by atoms with Crippen molar-refractivity contribution < 1.29 is 0 Å². The zero-order chi connectivity index (χ0) is 5.11. The van der Waals surface area contributed by atoms with Crippen molar-refractivity contribution in [3.63, 3.8) is 0 Å². The molecular weight excluding hydrogens is 98.1 g/mol. The van der Waals surface area contributed by atoms with Gasteiger partial charge in [-0.2, -0.15) is 0 Å². The van der Waals surface area contributed by atoms with Crippen molar-refractivity contribution in [3.8, 4) is 0 Å². The second-order valence-corrected chi connectivity index (χ2v) is 1.58. The van der Waals surface area contributed by atoms with Crippen LogP contribution in [0.5, 0.6) is 0 Å². The lowest BCUT2D eigenvalue weighted by Crippen LogP contribution is -1.63. The van der Waals surface area contributed by atoms with Gasteiger partial charge in [0.1, 0.15) is 0 Å². The van der Waals surface area contributed by atoms with E-state index in [-0.39, 0.29) is 6.15 Å². The first-order valence-corrected chi connectivity index (χ1v) is 2.32. The molecule has 1 aromatic rings. The molecule has 0 fully saturated rings. The third kappa shape index (κ3) is 1.76. The Morgan fingerprint density at radius 1 is 1.25 bits per heavy atom. The fourth-order valence-electron chi connectivity index (χ4n) is 0.470. The molecule has 0 aromatic heterocycles. The highest BCUT2D eigenvalue weighted by Crippen LogP contribution is 1.91. The van der Waals surface area contributed by atoms with E-state index in [1.807, 2.05) is 24.3 Å². The van der Waals surface area contributed by atoms with Crippen molar-refractivity contribution in [1.82, 2.24) is 6.15 Å². The molecule has 0 heterocycles. The minimum atomic E-state index is 0. The first kappa shape index (κ1) is 7.18. The van der Waals surface area contributed by atoms with E-state index in [0.717, 1.165) is 0 Å². The van der Waals surface area contributed by atoms with Crippen LogP contribution in [0.15, 0.2) is 24.3 Å². The van der Waals surface area contributed by atoms with Crippen molar-refractivity contribution in [3.05, 3.63) is 35.9 Å². The smallest absolute Gasteiger partial charge is 0.0184 e. The van der Waals surface area contributed by atoms with E-state index in [1.54, 1.807) is 0 Å².